The SMILES string of the molecule is Cc1cc(OCCn2c(=O)oc(=O)c3cc(Cl)ccc32)ccc1Cl. The predicted octanol–water partition coefficient (Wildman–Crippen LogP) is 3.65. The molecule has 0 saturated carbocycles. The van der Waals surface area contributed by atoms with E-state index in [1.807, 2.05) is 13.0 Å². The number of nitrogens with zero attached hydrogens (tertiary/aromatic N) is 1. The number of hydrogen-bond acceptors (Lipinski definition) is 4. The molecule has 5 nitrogen and oxygen atoms in total. The summed E-state index contributed by atoms with van der Waals surface area (Å²) in [5.74, 6) is -0.0830. The molecule has 0 fully saturated rings. The maximum atomic E-state index is 12.0. The van der Waals surface area contributed by atoms with Crippen LogP contribution in [0.1, 0.15) is 5.56 Å². The summed E-state index contributed by atoms with van der Waals surface area (Å²) in [6.45, 7) is 2.33. The number of ether oxygens (including phenoxy) is 1. The molecule has 124 valence electrons. The Morgan fingerprint density at radius 1 is 1.12 bits per heavy atom. The Morgan fingerprint density at radius 3 is 2.67 bits per heavy atom. The number of aromatic nitrogens is 1. The Kier molecular flexibility index (Phi) is 4.64. The molecule has 0 unspecified atom stereocenters. The van der Waals surface area contributed by atoms with E-state index in [1.54, 1.807) is 24.3 Å². The quantitative estimate of drug-likeness (QED) is 0.707. The second kappa shape index (κ2) is 6.71. The molecular formula is C17H13Cl2NO4. The predicted molar refractivity (Wildman–Crippen MR) is 93.4 cm³/mol. The van der Waals surface area contributed by atoms with Gasteiger partial charge in [-0.1, -0.05) is 23.2 Å². The van der Waals surface area contributed by atoms with Crippen LogP contribution in [0.2, 0.25) is 10.0 Å². The molecule has 0 saturated heterocycles. The van der Waals surface area contributed by atoms with Crippen LogP contribution in [0.3, 0.4) is 0 Å². The molecule has 0 aliphatic carbocycles. The van der Waals surface area contributed by atoms with Gasteiger partial charge in [0.05, 0.1) is 17.4 Å². The number of rotatable bonds is 4. The van der Waals surface area contributed by atoms with E-state index in [-0.39, 0.29) is 18.5 Å². The van der Waals surface area contributed by atoms with Crippen molar-refractivity contribution in [2.45, 2.75) is 13.5 Å². The standard InChI is InChI=1S/C17H13Cl2NO4/c1-10-8-12(3-4-14(10)19)23-7-6-20-15-5-2-11(18)9-13(15)16(21)24-17(20)22/h2-5,8-9H,6-7H2,1H3. The second-order valence-corrected chi connectivity index (χ2v) is 6.07. The largest absolute Gasteiger partial charge is 0.492 e. The zero-order valence-corrected chi connectivity index (χ0v) is 14.2. The highest BCUT2D eigenvalue weighted by Gasteiger charge is 2.10. The fraction of sp³-hybridized carbons (Fsp3) is 0.176. The second-order valence-electron chi connectivity index (χ2n) is 5.23. The smallest absolute Gasteiger partial charge is 0.422 e. The lowest BCUT2D eigenvalue weighted by Crippen LogP contribution is -2.27. The summed E-state index contributed by atoms with van der Waals surface area (Å²) in [6.07, 6.45) is 0. The van der Waals surface area contributed by atoms with Gasteiger partial charge < -0.3 is 9.15 Å². The van der Waals surface area contributed by atoms with Crippen molar-refractivity contribution in [2.75, 3.05) is 6.61 Å². The summed E-state index contributed by atoms with van der Waals surface area (Å²) >= 11 is 11.9. The molecule has 1 aromatic heterocycles. The van der Waals surface area contributed by atoms with Crippen LogP contribution in [0.25, 0.3) is 10.9 Å². The van der Waals surface area contributed by atoms with Gasteiger partial charge in [0.2, 0.25) is 0 Å². The average molecular weight is 366 g/mol. The lowest BCUT2D eigenvalue weighted by Gasteiger charge is -2.11. The number of hydrogen-bond donors (Lipinski definition) is 0. The van der Waals surface area contributed by atoms with Crippen molar-refractivity contribution < 1.29 is 9.15 Å². The highest BCUT2D eigenvalue weighted by molar-refractivity contribution is 6.31. The van der Waals surface area contributed by atoms with E-state index < -0.39 is 11.4 Å². The van der Waals surface area contributed by atoms with Gasteiger partial charge in [0.15, 0.2) is 0 Å². The summed E-state index contributed by atoms with van der Waals surface area (Å²) in [4.78, 5) is 23.8. The van der Waals surface area contributed by atoms with Crippen LogP contribution in [-0.2, 0) is 6.54 Å². The molecule has 0 aliphatic rings. The summed E-state index contributed by atoms with van der Waals surface area (Å²) in [5.41, 5.74) is 0.650. The zero-order valence-electron chi connectivity index (χ0n) is 12.7. The number of benzene rings is 2. The molecule has 0 atom stereocenters. The van der Waals surface area contributed by atoms with E-state index in [4.69, 9.17) is 32.4 Å². The van der Waals surface area contributed by atoms with Crippen LogP contribution in [-0.4, -0.2) is 11.2 Å². The zero-order chi connectivity index (χ0) is 17.3. The molecule has 0 bridgehead atoms. The molecular weight excluding hydrogens is 353 g/mol. The van der Waals surface area contributed by atoms with Crippen LogP contribution in [0.15, 0.2) is 50.4 Å². The van der Waals surface area contributed by atoms with Crippen LogP contribution in [0.5, 0.6) is 5.75 Å². The molecule has 2 aromatic carbocycles. The Morgan fingerprint density at radius 2 is 1.92 bits per heavy atom. The van der Waals surface area contributed by atoms with Crippen molar-refractivity contribution in [1.29, 1.82) is 0 Å². The minimum Gasteiger partial charge on any atom is -0.492 e. The number of aryl methyl sites for hydroxylation is 1. The molecule has 1 heterocycles. The van der Waals surface area contributed by atoms with Crippen LogP contribution in [0, 0.1) is 6.92 Å². The molecule has 3 aromatic rings. The highest BCUT2D eigenvalue weighted by atomic mass is 35.5. The van der Waals surface area contributed by atoms with Crippen molar-refractivity contribution in [3.8, 4) is 5.75 Å². The van der Waals surface area contributed by atoms with Gasteiger partial charge in [-0.3, -0.25) is 4.57 Å². The molecule has 7 heteroatoms. The summed E-state index contributed by atoms with van der Waals surface area (Å²) in [5, 5.41) is 1.31. The van der Waals surface area contributed by atoms with Crippen LogP contribution < -0.4 is 16.1 Å². The van der Waals surface area contributed by atoms with E-state index in [1.165, 1.54) is 10.6 Å². The van der Waals surface area contributed by atoms with Crippen molar-refractivity contribution in [3.63, 3.8) is 0 Å². The van der Waals surface area contributed by atoms with Gasteiger partial charge in [-0.25, -0.2) is 9.59 Å². The molecule has 0 N–H and O–H groups in total. The normalized spacial score (nSPS) is 11.0. The summed E-state index contributed by atoms with van der Waals surface area (Å²) < 4.78 is 11.7. The molecule has 3 rings (SSSR count). The fourth-order valence-corrected chi connectivity index (χ4v) is 2.66. The van der Waals surface area contributed by atoms with Crippen LogP contribution in [0.4, 0.5) is 0 Å². The first-order valence-electron chi connectivity index (χ1n) is 7.18. The van der Waals surface area contributed by atoms with Crippen molar-refractivity contribution >= 4 is 34.1 Å². The minimum absolute atomic E-state index is 0.225. The lowest BCUT2D eigenvalue weighted by molar-refractivity contribution is 0.287. The third-order valence-electron chi connectivity index (χ3n) is 3.58. The maximum absolute atomic E-state index is 12.0. The van der Waals surface area contributed by atoms with E-state index in [0.29, 0.717) is 21.3 Å². The monoisotopic (exact) mass is 365 g/mol. The fourth-order valence-electron chi connectivity index (χ4n) is 2.37. The van der Waals surface area contributed by atoms with Gasteiger partial charge in [-0.05, 0) is 48.9 Å². The number of halogens is 2. The summed E-state index contributed by atoms with van der Waals surface area (Å²) in [6, 6.07) is 10.0. The average Bonchev–Trinajstić information content (AvgIpc) is 2.54. The van der Waals surface area contributed by atoms with Crippen LogP contribution >= 0.6 is 23.2 Å². The third-order valence-corrected chi connectivity index (χ3v) is 4.24. The Bertz CT molecular complexity index is 1020. The highest BCUT2D eigenvalue weighted by Crippen LogP contribution is 2.21. The van der Waals surface area contributed by atoms with Gasteiger partial charge in [0.25, 0.3) is 0 Å². The van der Waals surface area contributed by atoms with Crippen molar-refractivity contribution in [1.82, 2.24) is 4.57 Å². The first-order chi connectivity index (χ1) is 11.5. The molecule has 0 amide bonds. The summed E-state index contributed by atoms with van der Waals surface area (Å²) in [7, 11) is 0. The minimum atomic E-state index is -0.731. The topological polar surface area (TPSA) is 61.4 Å². The first kappa shape index (κ1) is 16.6. The van der Waals surface area contributed by atoms with E-state index in [2.05, 4.69) is 0 Å². The third kappa shape index (κ3) is 3.32. The van der Waals surface area contributed by atoms with E-state index in [0.717, 1.165) is 5.56 Å². The molecule has 0 spiro atoms. The lowest BCUT2D eigenvalue weighted by atomic mass is 10.2. The number of fused-ring (bicyclic) bond motifs is 1. The van der Waals surface area contributed by atoms with Crippen molar-refractivity contribution in [3.05, 3.63) is 73.0 Å². The Balaban J connectivity index is 1.86. The van der Waals surface area contributed by atoms with E-state index in [9.17, 15) is 9.59 Å². The Labute approximate surface area is 147 Å². The van der Waals surface area contributed by atoms with Gasteiger partial charge >= 0.3 is 11.4 Å². The van der Waals surface area contributed by atoms with Gasteiger partial charge in [-0.2, -0.15) is 0 Å². The van der Waals surface area contributed by atoms with Gasteiger partial charge in [-0.15, -0.1) is 0 Å². The van der Waals surface area contributed by atoms with E-state index >= 15 is 0 Å². The maximum Gasteiger partial charge on any atom is 0.422 e. The van der Waals surface area contributed by atoms with Gasteiger partial charge in [0, 0.05) is 10.0 Å². The van der Waals surface area contributed by atoms with Crippen molar-refractivity contribution in [2.24, 2.45) is 0 Å². The molecule has 24 heavy (non-hydrogen) atoms. The molecule has 0 radical (unpaired) electrons. The molecule has 0 aliphatic heterocycles. The first-order valence-corrected chi connectivity index (χ1v) is 7.93. The Hall–Kier alpha value is -2.24. The van der Waals surface area contributed by atoms with Gasteiger partial charge in [0.1, 0.15) is 12.4 Å².